The summed E-state index contributed by atoms with van der Waals surface area (Å²) in [7, 11) is 1.53. The maximum atomic E-state index is 11.8. The number of rotatable bonds is 7. The molecule has 18 heavy (non-hydrogen) atoms. The molecule has 0 saturated carbocycles. The van der Waals surface area contributed by atoms with Crippen molar-refractivity contribution in [2.24, 2.45) is 0 Å². The van der Waals surface area contributed by atoms with Gasteiger partial charge in [0.1, 0.15) is 10.6 Å². The van der Waals surface area contributed by atoms with Gasteiger partial charge in [0.2, 0.25) is 0 Å². The molecule has 0 aliphatic heterocycles. The molecule has 0 spiro atoms. The first kappa shape index (κ1) is 14.8. The van der Waals surface area contributed by atoms with Gasteiger partial charge in [-0.15, -0.1) is 23.1 Å². The van der Waals surface area contributed by atoms with Gasteiger partial charge in [-0.3, -0.25) is 9.59 Å². The minimum Gasteiger partial charge on any atom is -0.495 e. The third kappa shape index (κ3) is 4.58. The van der Waals surface area contributed by atoms with E-state index in [9.17, 15) is 9.59 Å². The van der Waals surface area contributed by atoms with Gasteiger partial charge in [-0.25, -0.2) is 0 Å². The number of carboxylic acids is 1. The van der Waals surface area contributed by atoms with Crippen LogP contribution >= 0.6 is 23.1 Å². The maximum absolute atomic E-state index is 11.8. The van der Waals surface area contributed by atoms with Crippen molar-refractivity contribution in [2.45, 2.75) is 6.92 Å². The standard InChI is InChI=1S/C11H15NO4S2/c1-7-5-8(16-2)10(18-7)11(15)12-3-4-17-6-9(13)14/h5H,3-4,6H2,1-2H3,(H,12,15)(H,13,14). The Balaban J connectivity index is 2.38. The second kappa shape index (κ2) is 7.27. The number of hydrogen-bond donors (Lipinski definition) is 2. The number of nitrogens with one attached hydrogen (secondary N) is 1. The lowest BCUT2D eigenvalue weighted by atomic mass is 10.4. The Hall–Kier alpha value is -1.21. The second-order valence-electron chi connectivity index (χ2n) is 3.46. The van der Waals surface area contributed by atoms with Crippen LogP contribution in [-0.4, -0.2) is 42.1 Å². The number of amides is 1. The first-order valence-electron chi connectivity index (χ1n) is 5.26. The molecule has 0 atom stereocenters. The molecule has 1 amide bonds. The molecule has 1 heterocycles. The fraction of sp³-hybridized carbons (Fsp3) is 0.455. The molecule has 0 aromatic carbocycles. The van der Waals surface area contributed by atoms with Gasteiger partial charge in [0.25, 0.3) is 5.91 Å². The van der Waals surface area contributed by atoms with Crippen LogP contribution in [0.3, 0.4) is 0 Å². The van der Waals surface area contributed by atoms with Gasteiger partial charge < -0.3 is 15.2 Å². The van der Waals surface area contributed by atoms with Gasteiger partial charge >= 0.3 is 5.97 Å². The largest absolute Gasteiger partial charge is 0.495 e. The molecule has 0 saturated heterocycles. The van der Waals surface area contributed by atoms with Gasteiger partial charge in [0.05, 0.1) is 12.9 Å². The Morgan fingerprint density at radius 3 is 2.89 bits per heavy atom. The summed E-state index contributed by atoms with van der Waals surface area (Å²) in [6.07, 6.45) is 0. The van der Waals surface area contributed by atoms with E-state index in [1.807, 2.05) is 13.0 Å². The van der Waals surface area contributed by atoms with E-state index in [1.165, 1.54) is 30.2 Å². The molecule has 2 N–H and O–H groups in total. The lowest BCUT2D eigenvalue weighted by molar-refractivity contribution is -0.133. The zero-order valence-electron chi connectivity index (χ0n) is 10.2. The highest BCUT2D eigenvalue weighted by molar-refractivity contribution is 7.99. The topological polar surface area (TPSA) is 75.6 Å². The number of ether oxygens (including phenoxy) is 1. The van der Waals surface area contributed by atoms with Gasteiger partial charge in [0.15, 0.2) is 0 Å². The lowest BCUT2D eigenvalue weighted by Gasteiger charge is -2.04. The summed E-state index contributed by atoms with van der Waals surface area (Å²) in [6.45, 7) is 2.35. The molecule has 0 radical (unpaired) electrons. The van der Waals surface area contributed by atoms with Crippen LogP contribution in [0.15, 0.2) is 6.07 Å². The Labute approximate surface area is 114 Å². The molecule has 1 rings (SSSR count). The number of aryl methyl sites for hydroxylation is 1. The maximum Gasteiger partial charge on any atom is 0.313 e. The van der Waals surface area contributed by atoms with E-state index in [2.05, 4.69) is 5.32 Å². The SMILES string of the molecule is COc1cc(C)sc1C(=O)NCCSCC(=O)O. The molecular weight excluding hydrogens is 274 g/mol. The average molecular weight is 289 g/mol. The summed E-state index contributed by atoms with van der Waals surface area (Å²) >= 11 is 2.65. The molecule has 100 valence electrons. The molecule has 0 aliphatic rings. The molecule has 0 aliphatic carbocycles. The van der Waals surface area contributed by atoms with E-state index in [-0.39, 0.29) is 11.7 Å². The number of hydrogen-bond acceptors (Lipinski definition) is 5. The van der Waals surface area contributed by atoms with Crippen LogP contribution in [0, 0.1) is 6.92 Å². The summed E-state index contributed by atoms with van der Waals surface area (Å²) < 4.78 is 5.11. The van der Waals surface area contributed by atoms with Crippen LogP contribution in [0.25, 0.3) is 0 Å². The highest BCUT2D eigenvalue weighted by atomic mass is 32.2. The second-order valence-corrected chi connectivity index (χ2v) is 5.82. The van der Waals surface area contributed by atoms with E-state index in [4.69, 9.17) is 9.84 Å². The summed E-state index contributed by atoms with van der Waals surface area (Å²) in [5, 5.41) is 11.2. The van der Waals surface area contributed by atoms with Crippen LogP contribution in [0.4, 0.5) is 0 Å². The number of thioether (sulfide) groups is 1. The predicted molar refractivity (Wildman–Crippen MR) is 72.9 cm³/mol. The number of aliphatic carboxylic acids is 1. The van der Waals surface area contributed by atoms with Crippen LogP contribution in [0.5, 0.6) is 5.75 Å². The Bertz CT molecular complexity index is 431. The Kier molecular flexibility index (Phi) is 6.00. The number of methoxy groups -OCH3 is 1. The van der Waals surface area contributed by atoms with Crippen molar-refractivity contribution in [2.75, 3.05) is 25.2 Å². The third-order valence-corrected chi connectivity index (χ3v) is 3.98. The molecule has 1 aromatic heterocycles. The normalized spacial score (nSPS) is 10.1. The molecule has 0 bridgehead atoms. The molecule has 0 unspecified atom stereocenters. The lowest BCUT2D eigenvalue weighted by Crippen LogP contribution is -2.25. The Morgan fingerprint density at radius 1 is 1.56 bits per heavy atom. The van der Waals surface area contributed by atoms with Gasteiger partial charge in [-0.05, 0) is 13.0 Å². The fourth-order valence-corrected chi connectivity index (χ4v) is 2.74. The van der Waals surface area contributed by atoms with Crippen LogP contribution in [-0.2, 0) is 4.79 Å². The van der Waals surface area contributed by atoms with Crippen molar-refractivity contribution in [3.63, 3.8) is 0 Å². The smallest absolute Gasteiger partial charge is 0.313 e. The molecule has 7 heteroatoms. The van der Waals surface area contributed by atoms with Crippen molar-refractivity contribution in [1.29, 1.82) is 0 Å². The summed E-state index contributed by atoms with van der Waals surface area (Å²) in [5.74, 6) is 0.179. The molecule has 5 nitrogen and oxygen atoms in total. The van der Waals surface area contributed by atoms with E-state index < -0.39 is 5.97 Å². The van der Waals surface area contributed by atoms with Crippen LogP contribution in [0.1, 0.15) is 14.5 Å². The minimum atomic E-state index is -0.845. The van der Waals surface area contributed by atoms with Crippen molar-refractivity contribution in [1.82, 2.24) is 5.32 Å². The number of carboxylic acid groups (broad SMARTS) is 1. The van der Waals surface area contributed by atoms with Gasteiger partial charge in [-0.2, -0.15) is 0 Å². The van der Waals surface area contributed by atoms with E-state index >= 15 is 0 Å². The van der Waals surface area contributed by atoms with Crippen molar-refractivity contribution in [3.05, 3.63) is 15.8 Å². The predicted octanol–water partition coefficient (Wildman–Crippen LogP) is 1.61. The minimum absolute atomic E-state index is 0.0529. The number of thiophene rings is 1. The van der Waals surface area contributed by atoms with E-state index in [0.29, 0.717) is 22.9 Å². The number of carbonyl (C=O) groups is 2. The summed E-state index contributed by atoms with van der Waals surface area (Å²) in [5.41, 5.74) is 0. The summed E-state index contributed by atoms with van der Waals surface area (Å²) in [4.78, 5) is 23.7. The first-order chi connectivity index (χ1) is 8.54. The first-order valence-corrected chi connectivity index (χ1v) is 7.24. The molecular formula is C11H15NO4S2. The average Bonchev–Trinajstić information content (AvgIpc) is 2.69. The van der Waals surface area contributed by atoms with Gasteiger partial charge in [0, 0.05) is 17.2 Å². The third-order valence-electron chi connectivity index (χ3n) is 2.00. The monoisotopic (exact) mass is 289 g/mol. The highest BCUT2D eigenvalue weighted by Crippen LogP contribution is 2.28. The Morgan fingerprint density at radius 2 is 2.28 bits per heavy atom. The quantitative estimate of drug-likeness (QED) is 0.746. The zero-order chi connectivity index (χ0) is 13.5. The van der Waals surface area contributed by atoms with E-state index in [1.54, 1.807) is 0 Å². The fourth-order valence-electron chi connectivity index (χ4n) is 1.28. The van der Waals surface area contributed by atoms with Crippen molar-refractivity contribution < 1.29 is 19.4 Å². The highest BCUT2D eigenvalue weighted by Gasteiger charge is 2.15. The van der Waals surface area contributed by atoms with Crippen LogP contribution < -0.4 is 10.1 Å². The molecule has 1 aromatic rings. The van der Waals surface area contributed by atoms with Crippen LogP contribution in [0.2, 0.25) is 0 Å². The van der Waals surface area contributed by atoms with Crippen molar-refractivity contribution >= 4 is 35.0 Å². The molecule has 0 fully saturated rings. The number of carbonyl (C=O) groups excluding carboxylic acids is 1. The van der Waals surface area contributed by atoms with Crippen molar-refractivity contribution in [3.8, 4) is 5.75 Å². The summed E-state index contributed by atoms with van der Waals surface area (Å²) in [6, 6.07) is 1.82. The van der Waals surface area contributed by atoms with Gasteiger partial charge in [-0.1, -0.05) is 0 Å². The zero-order valence-corrected chi connectivity index (χ0v) is 11.8. The van der Waals surface area contributed by atoms with E-state index in [0.717, 1.165) is 4.88 Å².